The number of hydrogen-bond donors (Lipinski definition) is 1. The first-order chi connectivity index (χ1) is 11.8. The number of carbonyl (C=O) groups is 2. The first kappa shape index (κ1) is 17.9. The van der Waals surface area contributed by atoms with Crippen LogP contribution in [0.1, 0.15) is 24.5 Å². The summed E-state index contributed by atoms with van der Waals surface area (Å²) in [7, 11) is 0. The summed E-state index contributed by atoms with van der Waals surface area (Å²) in [5.41, 5.74) is -0.314. The SMILES string of the molecule is CC(=O)CC1(O)C(=O)N(CCc2ccccc2)c2c(Cl)ccc(Cl)c21. The molecule has 0 aromatic heterocycles. The van der Waals surface area contributed by atoms with E-state index in [4.69, 9.17) is 23.2 Å². The molecule has 1 aliphatic rings. The third-order valence-corrected chi connectivity index (χ3v) is 4.95. The molecule has 0 saturated heterocycles. The molecule has 0 aliphatic carbocycles. The molecule has 0 fully saturated rings. The van der Waals surface area contributed by atoms with Crippen LogP contribution in [0.15, 0.2) is 42.5 Å². The topological polar surface area (TPSA) is 57.6 Å². The smallest absolute Gasteiger partial charge is 0.264 e. The summed E-state index contributed by atoms with van der Waals surface area (Å²) >= 11 is 12.5. The van der Waals surface area contributed by atoms with Crippen molar-refractivity contribution in [3.05, 3.63) is 63.6 Å². The Morgan fingerprint density at radius 3 is 2.40 bits per heavy atom. The van der Waals surface area contributed by atoms with Crippen molar-refractivity contribution in [3.63, 3.8) is 0 Å². The highest BCUT2D eigenvalue weighted by Gasteiger charge is 2.52. The van der Waals surface area contributed by atoms with Gasteiger partial charge in [0.15, 0.2) is 5.60 Å². The van der Waals surface area contributed by atoms with Gasteiger partial charge in [-0.15, -0.1) is 0 Å². The van der Waals surface area contributed by atoms with Crippen LogP contribution in [0.3, 0.4) is 0 Å². The molecular weight excluding hydrogens is 361 g/mol. The van der Waals surface area contributed by atoms with Crippen molar-refractivity contribution in [2.75, 3.05) is 11.4 Å². The number of benzene rings is 2. The van der Waals surface area contributed by atoms with E-state index in [2.05, 4.69) is 0 Å². The second-order valence-electron chi connectivity index (χ2n) is 6.18. The summed E-state index contributed by atoms with van der Waals surface area (Å²) < 4.78 is 0. The van der Waals surface area contributed by atoms with E-state index in [9.17, 15) is 14.7 Å². The average Bonchev–Trinajstić information content (AvgIpc) is 2.79. The Kier molecular flexibility index (Phi) is 4.87. The lowest BCUT2D eigenvalue weighted by Crippen LogP contribution is -2.42. The van der Waals surface area contributed by atoms with Gasteiger partial charge in [0.1, 0.15) is 5.78 Å². The van der Waals surface area contributed by atoms with Gasteiger partial charge in [0, 0.05) is 23.6 Å². The van der Waals surface area contributed by atoms with Gasteiger partial charge in [0.2, 0.25) is 0 Å². The number of ketones is 1. The zero-order valence-electron chi connectivity index (χ0n) is 13.6. The Hall–Kier alpha value is -1.88. The largest absolute Gasteiger partial charge is 0.375 e. The van der Waals surface area contributed by atoms with E-state index in [1.165, 1.54) is 17.9 Å². The van der Waals surface area contributed by atoms with E-state index in [0.29, 0.717) is 23.7 Å². The fraction of sp³-hybridized carbons (Fsp3) is 0.263. The Morgan fingerprint density at radius 1 is 1.12 bits per heavy atom. The number of nitrogens with zero attached hydrogens (tertiary/aromatic N) is 1. The summed E-state index contributed by atoms with van der Waals surface area (Å²) in [4.78, 5) is 26.0. The lowest BCUT2D eigenvalue weighted by Gasteiger charge is -2.22. The number of Topliss-reactive ketones (excluding diaryl/α,β-unsaturated/α-hetero) is 1. The number of anilines is 1. The zero-order chi connectivity index (χ0) is 18.2. The van der Waals surface area contributed by atoms with Gasteiger partial charge in [-0.2, -0.15) is 0 Å². The van der Waals surface area contributed by atoms with Crippen molar-refractivity contribution in [3.8, 4) is 0 Å². The fourth-order valence-corrected chi connectivity index (χ4v) is 3.82. The van der Waals surface area contributed by atoms with Crippen LogP contribution >= 0.6 is 23.2 Å². The van der Waals surface area contributed by atoms with E-state index >= 15 is 0 Å². The number of carbonyl (C=O) groups excluding carboxylic acids is 2. The molecule has 0 saturated carbocycles. The summed E-state index contributed by atoms with van der Waals surface area (Å²) in [6.45, 7) is 1.66. The molecule has 1 heterocycles. The molecule has 1 atom stereocenters. The number of halogens is 2. The van der Waals surface area contributed by atoms with Gasteiger partial charge in [-0.05, 0) is 31.0 Å². The minimum atomic E-state index is -1.97. The van der Waals surface area contributed by atoms with Gasteiger partial charge in [-0.3, -0.25) is 9.59 Å². The minimum Gasteiger partial charge on any atom is -0.375 e. The van der Waals surface area contributed by atoms with E-state index in [0.717, 1.165) is 5.56 Å². The quantitative estimate of drug-likeness (QED) is 0.862. The lowest BCUT2D eigenvalue weighted by atomic mass is 9.90. The molecule has 1 N–H and O–H groups in total. The molecule has 2 aromatic carbocycles. The van der Waals surface area contributed by atoms with Gasteiger partial charge in [0.25, 0.3) is 5.91 Å². The van der Waals surface area contributed by atoms with Crippen LogP contribution in [0.2, 0.25) is 10.0 Å². The maximum atomic E-state index is 13.0. The highest BCUT2D eigenvalue weighted by molar-refractivity contribution is 6.38. The van der Waals surface area contributed by atoms with Crippen LogP contribution < -0.4 is 4.90 Å². The highest BCUT2D eigenvalue weighted by atomic mass is 35.5. The van der Waals surface area contributed by atoms with Crippen LogP contribution in [-0.2, 0) is 21.6 Å². The fourth-order valence-electron chi connectivity index (χ4n) is 3.25. The Balaban J connectivity index is 2.02. The number of amides is 1. The normalized spacial score (nSPS) is 19.2. The second-order valence-corrected chi connectivity index (χ2v) is 7.00. The van der Waals surface area contributed by atoms with E-state index in [1.807, 2.05) is 30.3 Å². The predicted molar refractivity (Wildman–Crippen MR) is 98.2 cm³/mol. The molecule has 4 nitrogen and oxygen atoms in total. The molecule has 2 aromatic rings. The van der Waals surface area contributed by atoms with E-state index in [1.54, 1.807) is 6.07 Å². The van der Waals surface area contributed by atoms with Crippen LogP contribution in [0.25, 0.3) is 0 Å². The second kappa shape index (κ2) is 6.79. The highest BCUT2D eigenvalue weighted by Crippen LogP contribution is 2.49. The van der Waals surface area contributed by atoms with Crippen molar-refractivity contribution in [1.29, 1.82) is 0 Å². The first-order valence-corrected chi connectivity index (χ1v) is 8.66. The van der Waals surface area contributed by atoms with Crippen molar-refractivity contribution in [2.45, 2.75) is 25.4 Å². The average molecular weight is 378 g/mol. The molecule has 0 bridgehead atoms. The molecule has 0 radical (unpaired) electrons. The minimum absolute atomic E-state index is 0.218. The molecule has 6 heteroatoms. The van der Waals surface area contributed by atoms with E-state index < -0.39 is 11.5 Å². The monoisotopic (exact) mass is 377 g/mol. The lowest BCUT2D eigenvalue weighted by molar-refractivity contribution is -0.141. The van der Waals surface area contributed by atoms with Crippen LogP contribution in [0.5, 0.6) is 0 Å². The van der Waals surface area contributed by atoms with Crippen molar-refractivity contribution >= 4 is 40.6 Å². The summed E-state index contributed by atoms with van der Waals surface area (Å²) in [6.07, 6.45) is 0.256. The maximum Gasteiger partial charge on any atom is 0.264 e. The molecule has 25 heavy (non-hydrogen) atoms. The summed E-state index contributed by atoms with van der Waals surface area (Å²) in [6, 6.07) is 12.8. The van der Waals surface area contributed by atoms with Crippen LogP contribution in [0.4, 0.5) is 5.69 Å². The Bertz CT molecular complexity index is 838. The van der Waals surface area contributed by atoms with Crippen LogP contribution in [0, 0.1) is 0 Å². The van der Waals surface area contributed by atoms with Gasteiger partial charge in [-0.1, -0.05) is 53.5 Å². The molecular formula is C19H17Cl2NO3. The Labute approximate surface area is 156 Å². The molecule has 1 aliphatic heterocycles. The third-order valence-electron chi connectivity index (χ3n) is 4.33. The predicted octanol–water partition coefficient (Wildman–Crippen LogP) is 3.75. The Morgan fingerprint density at radius 2 is 1.76 bits per heavy atom. The first-order valence-electron chi connectivity index (χ1n) is 7.91. The van der Waals surface area contributed by atoms with Crippen LogP contribution in [-0.4, -0.2) is 23.3 Å². The molecule has 0 spiro atoms. The molecule has 1 unspecified atom stereocenters. The number of aliphatic hydroxyl groups is 1. The van der Waals surface area contributed by atoms with E-state index in [-0.39, 0.29) is 22.8 Å². The molecule has 130 valence electrons. The summed E-state index contributed by atoms with van der Waals surface area (Å²) in [5.74, 6) is -0.869. The number of hydrogen-bond acceptors (Lipinski definition) is 3. The van der Waals surface area contributed by atoms with Crippen molar-refractivity contribution in [1.82, 2.24) is 0 Å². The van der Waals surface area contributed by atoms with Gasteiger partial charge in [0.05, 0.1) is 10.7 Å². The molecule has 3 rings (SSSR count). The van der Waals surface area contributed by atoms with Crippen molar-refractivity contribution in [2.24, 2.45) is 0 Å². The number of rotatable bonds is 5. The molecule has 1 amide bonds. The third kappa shape index (κ3) is 3.17. The van der Waals surface area contributed by atoms with Gasteiger partial charge < -0.3 is 10.0 Å². The zero-order valence-corrected chi connectivity index (χ0v) is 15.1. The van der Waals surface area contributed by atoms with Gasteiger partial charge >= 0.3 is 0 Å². The number of fused-ring (bicyclic) bond motifs is 1. The summed E-state index contributed by atoms with van der Waals surface area (Å²) in [5, 5.41) is 11.5. The van der Waals surface area contributed by atoms with Crippen molar-refractivity contribution < 1.29 is 14.7 Å². The standard InChI is InChI=1S/C19H17Cl2NO3/c1-12(23)11-19(25)16-14(20)7-8-15(21)17(16)22(18(19)24)10-9-13-5-3-2-4-6-13/h2-8,25H,9-11H2,1H3. The van der Waals surface area contributed by atoms with Gasteiger partial charge in [-0.25, -0.2) is 0 Å². The maximum absolute atomic E-state index is 13.0.